The maximum Gasteiger partial charge on any atom is 0.212 e. The van der Waals surface area contributed by atoms with Crippen LogP contribution in [-0.4, -0.2) is 34.6 Å². The van der Waals surface area contributed by atoms with Crippen LogP contribution >= 0.6 is 0 Å². The predicted molar refractivity (Wildman–Crippen MR) is 91.4 cm³/mol. The van der Waals surface area contributed by atoms with E-state index in [0.29, 0.717) is 11.9 Å². The van der Waals surface area contributed by atoms with Crippen molar-refractivity contribution in [3.05, 3.63) is 54.0 Å². The van der Waals surface area contributed by atoms with Gasteiger partial charge in [0.15, 0.2) is 0 Å². The molecule has 2 aromatic rings. The molecule has 0 aliphatic carbocycles. The molecule has 0 N–H and O–H groups in total. The molecule has 0 spiro atoms. The molecular weight excluding hydrogens is 286 g/mol. The van der Waals surface area contributed by atoms with Gasteiger partial charge >= 0.3 is 0 Å². The normalized spacial score (nSPS) is 18.7. The molecule has 1 aliphatic heterocycles. The van der Waals surface area contributed by atoms with Crippen LogP contribution in [0.25, 0.3) is 0 Å². The molecule has 3 rings (SSSR count). The van der Waals surface area contributed by atoms with Gasteiger partial charge < -0.3 is 4.74 Å². The van der Waals surface area contributed by atoms with Gasteiger partial charge in [0.05, 0.1) is 7.11 Å². The molecule has 122 valence electrons. The molecule has 1 fully saturated rings. The minimum absolute atomic E-state index is 0.646. The molecule has 2 aromatic heterocycles. The van der Waals surface area contributed by atoms with Gasteiger partial charge in [0.1, 0.15) is 0 Å². The monoisotopic (exact) mass is 311 g/mol. The van der Waals surface area contributed by atoms with Crippen LogP contribution in [0, 0.1) is 0 Å². The molecule has 1 aliphatic rings. The Balaban J connectivity index is 1.59. The molecular formula is C19H25N3O. The summed E-state index contributed by atoms with van der Waals surface area (Å²) >= 11 is 0. The van der Waals surface area contributed by atoms with Crippen molar-refractivity contribution < 1.29 is 4.74 Å². The Morgan fingerprint density at radius 1 is 1.17 bits per heavy atom. The van der Waals surface area contributed by atoms with E-state index in [1.807, 2.05) is 24.5 Å². The first-order chi connectivity index (χ1) is 11.3. The van der Waals surface area contributed by atoms with E-state index >= 15 is 0 Å². The number of hydrogen-bond acceptors (Lipinski definition) is 4. The third-order valence-corrected chi connectivity index (χ3v) is 4.60. The number of piperidine rings is 1. The van der Waals surface area contributed by atoms with Crippen molar-refractivity contribution in [1.29, 1.82) is 0 Å². The van der Waals surface area contributed by atoms with Crippen molar-refractivity contribution >= 4 is 0 Å². The lowest BCUT2D eigenvalue weighted by atomic mass is 9.96. The van der Waals surface area contributed by atoms with Crippen molar-refractivity contribution in [2.24, 2.45) is 0 Å². The van der Waals surface area contributed by atoms with Gasteiger partial charge in [0.2, 0.25) is 5.88 Å². The molecule has 23 heavy (non-hydrogen) atoms. The summed E-state index contributed by atoms with van der Waals surface area (Å²) in [7, 11) is 1.65. The highest BCUT2D eigenvalue weighted by Crippen LogP contribution is 2.23. The predicted octanol–water partition coefficient (Wildman–Crippen LogP) is 3.47. The highest BCUT2D eigenvalue weighted by molar-refractivity contribution is 5.17. The third kappa shape index (κ3) is 4.52. The highest BCUT2D eigenvalue weighted by atomic mass is 16.5. The van der Waals surface area contributed by atoms with Crippen LogP contribution in [0.3, 0.4) is 0 Å². The number of aromatic nitrogens is 2. The van der Waals surface area contributed by atoms with Gasteiger partial charge in [-0.05, 0) is 49.9 Å². The molecule has 3 heterocycles. The van der Waals surface area contributed by atoms with Crippen LogP contribution in [0.5, 0.6) is 5.88 Å². The number of methoxy groups -OCH3 is 1. The first-order valence-corrected chi connectivity index (χ1v) is 8.48. The van der Waals surface area contributed by atoms with Gasteiger partial charge in [0.25, 0.3) is 0 Å². The van der Waals surface area contributed by atoms with E-state index < -0.39 is 0 Å². The summed E-state index contributed by atoms with van der Waals surface area (Å²) in [5.74, 6) is 0.680. The van der Waals surface area contributed by atoms with E-state index in [1.54, 1.807) is 7.11 Å². The van der Waals surface area contributed by atoms with Gasteiger partial charge in [-0.2, -0.15) is 0 Å². The average Bonchev–Trinajstić information content (AvgIpc) is 2.62. The molecule has 4 heteroatoms. The van der Waals surface area contributed by atoms with Crippen LogP contribution < -0.4 is 4.74 Å². The molecule has 0 saturated carbocycles. The Kier molecular flexibility index (Phi) is 5.59. The fraction of sp³-hybridized carbons (Fsp3) is 0.474. The zero-order valence-corrected chi connectivity index (χ0v) is 13.8. The lowest BCUT2D eigenvalue weighted by molar-refractivity contribution is 0.132. The second kappa shape index (κ2) is 8.06. The number of likely N-dealkylation sites (tertiary alicyclic amines) is 1. The molecule has 1 unspecified atom stereocenters. The molecule has 0 amide bonds. The first kappa shape index (κ1) is 15.9. The largest absolute Gasteiger partial charge is 0.481 e. The van der Waals surface area contributed by atoms with Crippen molar-refractivity contribution in [1.82, 2.24) is 14.9 Å². The summed E-state index contributed by atoms with van der Waals surface area (Å²) in [5, 5.41) is 0. The Morgan fingerprint density at radius 2 is 2.13 bits per heavy atom. The van der Waals surface area contributed by atoms with Crippen LogP contribution in [-0.2, 0) is 13.0 Å². The van der Waals surface area contributed by atoms with Crippen molar-refractivity contribution in [3.63, 3.8) is 0 Å². The van der Waals surface area contributed by atoms with Gasteiger partial charge in [-0.25, -0.2) is 4.98 Å². The topological polar surface area (TPSA) is 38.2 Å². The Morgan fingerprint density at radius 3 is 2.87 bits per heavy atom. The molecule has 4 nitrogen and oxygen atoms in total. The average molecular weight is 311 g/mol. The number of pyridine rings is 2. The van der Waals surface area contributed by atoms with Gasteiger partial charge in [-0.1, -0.05) is 18.6 Å². The zero-order valence-electron chi connectivity index (χ0n) is 13.8. The summed E-state index contributed by atoms with van der Waals surface area (Å²) in [5.41, 5.74) is 2.46. The summed E-state index contributed by atoms with van der Waals surface area (Å²) in [6.07, 6.45) is 9.98. The Hall–Kier alpha value is -1.94. The lowest BCUT2D eigenvalue weighted by Gasteiger charge is -2.35. The number of aryl methyl sites for hydroxylation is 1. The second-order valence-corrected chi connectivity index (χ2v) is 6.19. The quantitative estimate of drug-likeness (QED) is 0.819. The van der Waals surface area contributed by atoms with Gasteiger partial charge in [0, 0.05) is 36.7 Å². The molecule has 0 aromatic carbocycles. The minimum Gasteiger partial charge on any atom is -0.481 e. The maximum absolute atomic E-state index is 5.14. The number of rotatable bonds is 6. The number of nitrogens with zero attached hydrogens (tertiary/aromatic N) is 3. The van der Waals surface area contributed by atoms with Crippen LogP contribution in [0.4, 0.5) is 0 Å². The summed E-state index contributed by atoms with van der Waals surface area (Å²) in [4.78, 5) is 11.4. The Bertz CT molecular complexity index is 585. The summed E-state index contributed by atoms with van der Waals surface area (Å²) < 4.78 is 5.14. The van der Waals surface area contributed by atoms with Crippen LogP contribution in [0.15, 0.2) is 42.7 Å². The first-order valence-electron chi connectivity index (χ1n) is 8.48. The van der Waals surface area contributed by atoms with Crippen LogP contribution in [0.2, 0.25) is 0 Å². The summed E-state index contributed by atoms with van der Waals surface area (Å²) in [6, 6.07) is 10.9. The van der Waals surface area contributed by atoms with Gasteiger partial charge in [-0.3, -0.25) is 9.88 Å². The van der Waals surface area contributed by atoms with E-state index in [1.165, 1.54) is 43.5 Å². The van der Waals surface area contributed by atoms with Crippen molar-refractivity contribution in [2.45, 2.75) is 44.7 Å². The Labute approximate surface area is 138 Å². The zero-order chi connectivity index (χ0) is 15.9. The SMILES string of the molecule is COc1ccc(CN2CCCCC2CCc2ccccn2)cn1. The van der Waals surface area contributed by atoms with E-state index in [0.717, 1.165) is 13.0 Å². The smallest absolute Gasteiger partial charge is 0.212 e. The van der Waals surface area contributed by atoms with Crippen molar-refractivity contribution in [2.75, 3.05) is 13.7 Å². The van der Waals surface area contributed by atoms with Crippen molar-refractivity contribution in [3.8, 4) is 5.88 Å². The van der Waals surface area contributed by atoms with E-state index in [4.69, 9.17) is 4.74 Å². The molecule has 1 atom stereocenters. The fourth-order valence-corrected chi connectivity index (χ4v) is 3.32. The molecule has 1 saturated heterocycles. The fourth-order valence-electron chi connectivity index (χ4n) is 3.32. The summed E-state index contributed by atoms with van der Waals surface area (Å²) in [6.45, 7) is 2.16. The van der Waals surface area contributed by atoms with E-state index in [2.05, 4.69) is 33.1 Å². The second-order valence-electron chi connectivity index (χ2n) is 6.19. The van der Waals surface area contributed by atoms with Gasteiger partial charge in [-0.15, -0.1) is 0 Å². The highest BCUT2D eigenvalue weighted by Gasteiger charge is 2.22. The number of hydrogen-bond donors (Lipinski definition) is 0. The van der Waals surface area contributed by atoms with Crippen LogP contribution in [0.1, 0.15) is 36.9 Å². The number of ether oxygens (including phenoxy) is 1. The third-order valence-electron chi connectivity index (χ3n) is 4.60. The molecule has 0 bridgehead atoms. The van der Waals surface area contributed by atoms with E-state index in [9.17, 15) is 0 Å². The minimum atomic E-state index is 0.646. The van der Waals surface area contributed by atoms with E-state index in [-0.39, 0.29) is 0 Å². The maximum atomic E-state index is 5.14. The lowest BCUT2D eigenvalue weighted by Crippen LogP contribution is -2.39. The molecule has 0 radical (unpaired) electrons. The standard InChI is InChI=1S/C19H25N3O/c1-23-19-11-8-16(14-21-19)15-22-13-5-3-7-18(22)10-9-17-6-2-4-12-20-17/h2,4,6,8,11-12,14,18H,3,5,7,9-10,13,15H2,1H3.